The zero-order chi connectivity index (χ0) is 13.1. The van der Waals surface area contributed by atoms with Gasteiger partial charge in [0.15, 0.2) is 21.0 Å². The Hall–Kier alpha value is -1.67. The Balaban J connectivity index is 2.07. The molecule has 0 aromatic carbocycles. The molecule has 2 heterocycles. The summed E-state index contributed by atoms with van der Waals surface area (Å²) in [4.78, 5) is 15.6. The molecule has 7 nitrogen and oxygen atoms in total. The third kappa shape index (κ3) is 2.59. The number of hydrogen-bond donors (Lipinski definition) is 1. The average molecular weight is 288 g/mol. The maximum absolute atomic E-state index is 11.3. The van der Waals surface area contributed by atoms with Gasteiger partial charge in [-0.15, -0.1) is 10.2 Å². The van der Waals surface area contributed by atoms with Crippen LogP contribution in [0.2, 0.25) is 5.15 Å². The molecule has 2 aromatic heterocycles. The van der Waals surface area contributed by atoms with Gasteiger partial charge in [0.1, 0.15) is 6.33 Å². The zero-order valence-corrected chi connectivity index (χ0v) is 11.2. The molecule has 0 unspecified atom stereocenters. The quantitative estimate of drug-likeness (QED) is 0.854. The maximum atomic E-state index is 11.3. The molecule has 0 amide bonds. The van der Waals surface area contributed by atoms with E-state index < -0.39 is 5.97 Å². The van der Waals surface area contributed by atoms with Crippen molar-refractivity contribution in [3.63, 3.8) is 0 Å². The molecule has 2 aromatic rings. The minimum atomic E-state index is -0.496. The number of carbonyl (C=O) groups is 1. The van der Waals surface area contributed by atoms with Gasteiger partial charge in [-0.2, -0.15) is 0 Å². The number of nitrogens with zero attached hydrogens (tertiary/aromatic N) is 4. The van der Waals surface area contributed by atoms with Gasteiger partial charge in [-0.25, -0.2) is 9.78 Å². The zero-order valence-electron chi connectivity index (χ0n) is 9.68. The molecule has 0 fully saturated rings. The van der Waals surface area contributed by atoms with Gasteiger partial charge in [-0.3, -0.25) is 0 Å². The number of anilines is 1. The van der Waals surface area contributed by atoms with E-state index >= 15 is 0 Å². The van der Waals surface area contributed by atoms with Gasteiger partial charge in [0.05, 0.1) is 13.7 Å². The van der Waals surface area contributed by atoms with Crippen LogP contribution in [-0.4, -0.2) is 32.8 Å². The molecule has 0 aliphatic heterocycles. The summed E-state index contributed by atoms with van der Waals surface area (Å²) in [5, 5.41) is 11.4. The number of ether oxygens (including phenoxy) is 1. The first kappa shape index (κ1) is 12.8. The second kappa shape index (κ2) is 5.32. The van der Waals surface area contributed by atoms with E-state index in [1.54, 1.807) is 10.9 Å². The Morgan fingerprint density at radius 3 is 3.06 bits per heavy atom. The fourth-order valence-corrected chi connectivity index (χ4v) is 2.32. The van der Waals surface area contributed by atoms with Gasteiger partial charge in [-0.1, -0.05) is 22.9 Å². The summed E-state index contributed by atoms with van der Waals surface area (Å²) in [5.41, 5.74) is 0. The normalized spacial score (nSPS) is 10.4. The molecule has 0 radical (unpaired) electrons. The Kier molecular flexibility index (Phi) is 3.78. The van der Waals surface area contributed by atoms with Crippen LogP contribution in [-0.2, 0) is 18.3 Å². The summed E-state index contributed by atoms with van der Waals surface area (Å²) in [5.74, 6) is 0.255. The Morgan fingerprint density at radius 1 is 1.67 bits per heavy atom. The largest absolute Gasteiger partial charge is 0.465 e. The van der Waals surface area contributed by atoms with Crippen LogP contribution in [0.5, 0.6) is 0 Å². The standard InChI is InChI=1S/C9H10ClN5O2S/c1-15-4-12-14-5(15)3-11-9-13-7(10)6(18-9)8(16)17-2/h4H,3H2,1-2H3,(H,11,13). The third-order valence-corrected chi connectivity index (χ3v) is 3.54. The SMILES string of the molecule is COC(=O)c1sc(NCc2nncn2C)nc1Cl. The minimum Gasteiger partial charge on any atom is -0.465 e. The number of methoxy groups -OCH3 is 1. The predicted octanol–water partition coefficient (Wildman–Crippen LogP) is 1.32. The van der Waals surface area contributed by atoms with Crippen LogP contribution < -0.4 is 5.32 Å². The number of rotatable bonds is 4. The van der Waals surface area contributed by atoms with Crippen LogP contribution in [0.15, 0.2) is 6.33 Å². The van der Waals surface area contributed by atoms with E-state index in [9.17, 15) is 4.79 Å². The average Bonchev–Trinajstić information content (AvgIpc) is 2.92. The van der Waals surface area contributed by atoms with Crippen molar-refractivity contribution in [3.05, 3.63) is 22.2 Å². The topological polar surface area (TPSA) is 81.9 Å². The summed E-state index contributed by atoms with van der Waals surface area (Å²) in [6, 6.07) is 0. The monoisotopic (exact) mass is 287 g/mol. The molecule has 9 heteroatoms. The molecule has 0 aliphatic rings. The Labute approximate surface area is 112 Å². The fourth-order valence-electron chi connectivity index (χ4n) is 1.22. The van der Waals surface area contributed by atoms with Crippen LogP contribution in [0.4, 0.5) is 5.13 Å². The molecular weight excluding hydrogens is 278 g/mol. The van der Waals surface area contributed by atoms with Gasteiger partial charge < -0.3 is 14.6 Å². The fraction of sp³-hybridized carbons (Fsp3) is 0.333. The number of esters is 1. The predicted molar refractivity (Wildman–Crippen MR) is 66.8 cm³/mol. The summed E-state index contributed by atoms with van der Waals surface area (Å²) >= 11 is 6.97. The van der Waals surface area contributed by atoms with Crippen LogP contribution in [0.1, 0.15) is 15.5 Å². The van der Waals surface area contributed by atoms with Crippen LogP contribution in [0, 0.1) is 0 Å². The number of hydrogen-bond acceptors (Lipinski definition) is 7. The molecule has 2 rings (SSSR count). The third-order valence-electron chi connectivity index (χ3n) is 2.16. The number of aromatic nitrogens is 4. The first-order valence-electron chi connectivity index (χ1n) is 4.93. The van der Waals surface area contributed by atoms with Crippen LogP contribution in [0.3, 0.4) is 0 Å². The highest BCUT2D eigenvalue weighted by Gasteiger charge is 2.17. The molecule has 0 aliphatic carbocycles. The van der Waals surface area contributed by atoms with E-state index in [-0.39, 0.29) is 10.0 Å². The maximum Gasteiger partial charge on any atom is 0.351 e. The highest BCUT2D eigenvalue weighted by molar-refractivity contribution is 7.18. The highest BCUT2D eigenvalue weighted by atomic mass is 35.5. The van der Waals surface area contributed by atoms with E-state index in [0.717, 1.165) is 17.2 Å². The van der Waals surface area contributed by atoms with Crippen molar-refractivity contribution in [2.45, 2.75) is 6.54 Å². The Morgan fingerprint density at radius 2 is 2.44 bits per heavy atom. The lowest BCUT2D eigenvalue weighted by Gasteiger charge is -2.00. The molecule has 0 spiro atoms. The molecule has 0 saturated carbocycles. The first-order valence-corrected chi connectivity index (χ1v) is 6.12. The number of nitrogens with one attached hydrogen (secondary N) is 1. The van der Waals surface area contributed by atoms with Crippen molar-refractivity contribution in [1.82, 2.24) is 19.7 Å². The lowest BCUT2D eigenvalue weighted by molar-refractivity contribution is 0.0606. The smallest absolute Gasteiger partial charge is 0.351 e. The van der Waals surface area contributed by atoms with E-state index in [4.69, 9.17) is 11.6 Å². The van der Waals surface area contributed by atoms with Crippen molar-refractivity contribution in [3.8, 4) is 0 Å². The molecule has 1 N–H and O–H groups in total. The number of halogens is 1. The van der Waals surface area contributed by atoms with Gasteiger partial charge in [-0.05, 0) is 0 Å². The highest BCUT2D eigenvalue weighted by Crippen LogP contribution is 2.27. The Bertz CT molecular complexity index is 567. The summed E-state index contributed by atoms with van der Waals surface area (Å²) in [6.45, 7) is 0.445. The van der Waals surface area contributed by atoms with Crippen molar-refractivity contribution in [2.75, 3.05) is 12.4 Å². The van der Waals surface area contributed by atoms with Gasteiger partial charge in [0.25, 0.3) is 0 Å². The lowest BCUT2D eigenvalue weighted by atomic mass is 10.6. The number of aryl methyl sites for hydroxylation is 1. The van der Waals surface area contributed by atoms with Gasteiger partial charge in [0, 0.05) is 7.05 Å². The molecular formula is C9H10ClN5O2S. The molecule has 0 saturated heterocycles. The van der Waals surface area contributed by atoms with Gasteiger partial charge >= 0.3 is 5.97 Å². The van der Waals surface area contributed by atoms with Gasteiger partial charge in [0.2, 0.25) is 0 Å². The molecule has 96 valence electrons. The van der Waals surface area contributed by atoms with E-state index in [1.807, 2.05) is 7.05 Å². The van der Waals surface area contributed by atoms with Crippen molar-refractivity contribution >= 4 is 34.0 Å². The summed E-state index contributed by atoms with van der Waals surface area (Å²) in [6.07, 6.45) is 1.60. The first-order chi connectivity index (χ1) is 8.61. The van der Waals surface area contributed by atoms with E-state index in [1.165, 1.54) is 7.11 Å². The minimum absolute atomic E-state index is 0.132. The van der Waals surface area contributed by atoms with Crippen LogP contribution in [0.25, 0.3) is 0 Å². The second-order valence-electron chi connectivity index (χ2n) is 3.34. The second-order valence-corrected chi connectivity index (χ2v) is 4.70. The number of carbonyl (C=O) groups excluding carboxylic acids is 1. The molecule has 18 heavy (non-hydrogen) atoms. The molecule has 0 bridgehead atoms. The number of thiazole rings is 1. The van der Waals surface area contributed by atoms with E-state index in [2.05, 4.69) is 25.2 Å². The summed E-state index contributed by atoms with van der Waals surface area (Å²) < 4.78 is 6.37. The van der Waals surface area contributed by atoms with Crippen molar-refractivity contribution in [1.29, 1.82) is 0 Å². The van der Waals surface area contributed by atoms with E-state index in [0.29, 0.717) is 11.7 Å². The summed E-state index contributed by atoms with van der Waals surface area (Å²) in [7, 11) is 3.14. The van der Waals surface area contributed by atoms with Crippen molar-refractivity contribution < 1.29 is 9.53 Å². The van der Waals surface area contributed by atoms with Crippen LogP contribution >= 0.6 is 22.9 Å². The molecule has 0 atom stereocenters. The van der Waals surface area contributed by atoms with Crippen molar-refractivity contribution in [2.24, 2.45) is 7.05 Å². The lowest BCUT2D eigenvalue weighted by Crippen LogP contribution is -2.05.